The van der Waals surface area contributed by atoms with E-state index in [1.54, 1.807) is 27.7 Å². The third-order valence-corrected chi connectivity index (χ3v) is 3.12. The Morgan fingerprint density at radius 1 is 1.22 bits per heavy atom. The minimum absolute atomic E-state index is 0.144. The van der Waals surface area contributed by atoms with Crippen molar-refractivity contribution in [3.05, 3.63) is 41.5 Å². The topological polar surface area (TPSA) is 81.4 Å². The zero-order valence-electron chi connectivity index (χ0n) is 14.3. The summed E-state index contributed by atoms with van der Waals surface area (Å²) in [6.07, 6.45) is 2.45. The fourth-order valence-corrected chi connectivity index (χ4v) is 2.24. The van der Waals surface area contributed by atoms with Gasteiger partial charge in [-0.3, -0.25) is 4.79 Å². The number of hydrogen-bond donors (Lipinski definition) is 2. The molecule has 0 fully saturated rings. The molecule has 0 aromatic heterocycles. The van der Waals surface area contributed by atoms with E-state index in [1.807, 2.05) is 24.3 Å². The smallest absolute Gasteiger partial charge is 0.405 e. The predicted octanol–water partition coefficient (Wildman–Crippen LogP) is 3.15. The van der Waals surface area contributed by atoms with E-state index in [0.717, 1.165) is 30.6 Å². The molecule has 0 spiro atoms. The van der Waals surface area contributed by atoms with Crippen molar-refractivity contribution < 1.29 is 14.3 Å². The fraction of sp³-hybridized carbons (Fsp3) is 0.444. The largest absolute Gasteiger partial charge is 0.444 e. The van der Waals surface area contributed by atoms with E-state index >= 15 is 0 Å². The summed E-state index contributed by atoms with van der Waals surface area (Å²) < 4.78 is 4.58. The highest BCUT2D eigenvalue weighted by Gasteiger charge is 2.13. The summed E-state index contributed by atoms with van der Waals surface area (Å²) in [6.45, 7) is 8.81. The summed E-state index contributed by atoms with van der Waals surface area (Å²) >= 11 is 0. The summed E-state index contributed by atoms with van der Waals surface area (Å²) in [5.74, 6) is 0.144. The van der Waals surface area contributed by atoms with Gasteiger partial charge in [-0.2, -0.15) is 0 Å². The molecular formula is C18H26N2O3. The lowest BCUT2D eigenvalue weighted by molar-refractivity contribution is 0.0600. The molecule has 5 heteroatoms. The molecule has 0 radical (unpaired) electrons. The van der Waals surface area contributed by atoms with Crippen molar-refractivity contribution in [2.24, 2.45) is 5.73 Å². The third kappa shape index (κ3) is 7.10. The lowest BCUT2D eigenvalue weighted by Gasteiger charge is -2.16. The molecule has 126 valence electrons. The molecule has 0 saturated heterocycles. The second-order valence-corrected chi connectivity index (χ2v) is 6.32. The van der Waals surface area contributed by atoms with E-state index in [0.29, 0.717) is 0 Å². The van der Waals surface area contributed by atoms with Gasteiger partial charge in [0.1, 0.15) is 5.60 Å². The van der Waals surface area contributed by atoms with Crippen molar-refractivity contribution in [1.29, 1.82) is 0 Å². The SMILES string of the molecule is CC(=O)c1ccccc1C1=CCNCC1.CC(C)(C)OC(N)=O. The number of ketones is 1. The molecule has 1 aliphatic heterocycles. The first-order valence-electron chi connectivity index (χ1n) is 7.69. The Morgan fingerprint density at radius 3 is 2.30 bits per heavy atom. The van der Waals surface area contributed by atoms with Gasteiger partial charge in [0.15, 0.2) is 5.78 Å². The van der Waals surface area contributed by atoms with E-state index in [2.05, 4.69) is 16.1 Å². The molecule has 0 bridgehead atoms. The maximum Gasteiger partial charge on any atom is 0.405 e. The minimum Gasteiger partial charge on any atom is -0.444 e. The van der Waals surface area contributed by atoms with Crippen LogP contribution < -0.4 is 11.1 Å². The molecule has 1 aromatic carbocycles. The first kappa shape index (κ1) is 18.9. The first-order chi connectivity index (χ1) is 10.7. The Hall–Kier alpha value is -2.14. The van der Waals surface area contributed by atoms with Crippen LogP contribution in [-0.2, 0) is 4.74 Å². The van der Waals surface area contributed by atoms with E-state index in [9.17, 15) is 9.59 Å². The number of nitrogens with one attached hydrogen (secondary N) is 1. The van der Waals surface area contributed by atoms with Crippen LogP contribution >= 0.6 is 0 Å². The molecule has 23 heavy (non-hydrogen) atoms. The van der Waals surface area contributed by atoms with Crippen LogP contribution in [0.1, 0.15) is 50.0 Å². The lowest BCUT2D eigenvalue weighted by Crippen LogP contribution is -2.27. The Bertz CT molecular complexity index is 586. The Balaban J connectivity index is 0.000000284. The van der Waals surface area contributed by atoms with Crippen molar-refractivity contribution in [2.75, 3.05) is 13.1 Å². The van der Waals surface area contributed by atoms with Gasteiger partial charge in [0.25, 0.3) is 0 Å². The number of hydrogen-bond acceptors (Lipinski definition) is 4. The number of nitrogens with two attached hydrogens (primary N) is 1. The number of primary amides is 1. The average molecular weight is 318 g/mol. The van der Waals surface area contributed by atoms with E-state index in [-0.39, 0.29) is 5.78 Å². The van der Waals surface area contributed by atoms with Crippen LogP contribution in [0.5, 0.6) is 0 Å². The number of carbonyl (C=O) groups excluding carboxylic acids is 2. The van der Waals surface area contributed by atoms with Crippen LogP contribution in [0.25, 0.3) is 5.57 Å². The van der Waals surface area contributed by atoms with Crippen LogP contribution in [0.15, 0.2) is 30.3 Å². The second kappa shape index (κ2) is 8.48. The lowest BCUT2D eigenvalue weighted by atomic mass is 9.94. The van der Waals surface area contributed by atoms with Gasteiger partial charge in [-0.25, -0.2) is 4.79 Å². The second-order valence-electron chi connectivity index (χ2n) is 6.32. The van der Waals surface area contributed by atoms with Gasteiger partial charge < -0.3 is 15.8 Å². The standard InChI is InChI=1S/C13H15NO.C5H11NO2/c1-10(15)12-4-2-3-5-13(12)11-6-8-14-9-7-11;1-5(2,3)8-4(6)7/h2-6,14H,7-9H2,1H3;1-3H3,(H2,6,7). The number of ether oxygens (including phenoxy) is 1. The molecule has 0 saturated carbocycles. The molecule has 1 aromatic rings. The quantitative estimate of drug-likeness (QED) is 0.821. The van der Waals surface area contributed by atoms with Crippen LogP contribution in [0.3, 0.4) is 0 Å². The molecule has 0 aliphatic carbocycles. The molecule has 0 unspecified atom stereocenters. The summed E-state index contributed by atoms with van der Waals surface area (Å²) in [5, 5.41) is 3.27. The fourth-order valence-electron chi connectivity index (χ4n) is 2.24. The molecule has 3 N–H and O–H groups in total. The number of amides is 1. The molecule has 2 rings (SSSR count). The van der Waals surface area contributed by atoms with E-state index in [1.165, 1.54) is 5.57 Å². The molecular weight excluding hydrogens is 292 g/mol. The van der Waals surface area contributed by atoms with Crippen LogP contribution in [0.2, 0.25) is 0 Å². The van der Waals surface area contributed by atoms with Gasteiger partial charge in [0.05, 0.1) is 0 Å². The van der Waals surface area contributed by atoms with Gasteiger partial charge in [0.2, 0.25) is 0 Å². The van der Waals surface area contributed by atoms with Crippen LogP contribution in [-0.4, -0.2) is 30.6 Å². The van der Waals surface area contributed by atoms with E-state index < -0.39 is 11.7 Å². The summed E-state index contributed by atoms with van der Waals surface area (Å²) in [5.41, 5.74) is 7.50. The maximum absolute atomic E-state index is 11.5. The first-order valence-corrected chi connectivity index (χ1v) is 7.69. The summed E-state index contributed by atoms with van der Waals surface area (Å²) in [4.78, 5) is 21.5. The van der Waals surface area contributed by atoms with Crippen LogP contribution in [0, 0.1) is 0 Å². The van der Waals surface area contributed by atoms with Crippen molar-refractivity contribution in [3.63, 3.8) is 0 Å². The van der Waals surface area contributed by atoms with E-state index in [4.69, 9.17) is 5.73 Å². The number of benzene rings is 1. The van der Waals surface area contributed by atoms with Crippen LogP contribution in [0.4, 0.5) is 4.79 Å². The maximum atomic E-state index is 11.5. The summed E-state index contributed by atoms with van der Waals surface area (Å²) in [7, 11) is 0. The number of Topliss-reactive ketones (excluding diaryl/α,β-unsaturated/α-hetero) is 1. The zero-order valence-corrected chi connectivity index (χ0v) is 14.3. The Kier molecular flexibility index (Phi) is 6.97. The van der Waals surface area contributed by atoms with Gasteiger partial charge in [0, 0.05) is 12.1 Å². The van der Waals surface area contributed by atoms with Gasteiger partial charge in [-0.15, -0.1) is 0 Å². The number of rotatable bonds is 2. The highest BCUT2D eigenvalue weighted by Crippen LogP contribution is 2.23. The van der Waals surface area contributed by atoms with Crippen molar-refractivity contribution in [3.8, 4) is 0 Å². The van der Waals surface area contributed by atoms with Gasteiger partial charge in [-0.1, -0.05) is 30.3 Å². The molecule has 5 nitrogen and oxygen atoms in total. The average Bonchev–Trinajstić information content (AvgIpc) is 2.46. The predicted molar refractivity (Wildman–Crippen MR) is 92.3 cm³/mol. The monoisotopic (exact) mass is 318 g/mol. The molecule has 1 heterocycles. The van der Waals surface area contributed by atoms with Crippen molar-refractivity contribution in [2.45, 2.75) is 39.7 Å². The Morgan fingerprint density at radius 2 is 1.87 bits per heavy atom. The highest BCUT2D eigenvalue weighted by atomic mass is 16.6. The molecule has 1 amide bonds. The highest BCUT2D eigenvalue weighted by molar-refractivity contribution is 5.99. The normalized spacial score (nSPS) is 14.2. The summed E-state index contributed by atoms with van der Waals surface area (Å²) in [6, 6.07) is 7.85. The third-order valence-electron chi connectivity index (χ3n) is 3.12. The molecule has 1 aliphatic rings. The molecule has 0 atom stereocenters. The Labute approximate surface area is 137 Å². The van der Waals surface area contributed by atoms with Gasteiger partial charge >= 0.3 is 6.09 Å². The zero-order chi connectivity index (χ0) is 17.5. The van der Waals surface area contributed by atoms with Gasteiger partial charge in [-0.05, 0) is 51.8 Å². The number of carbonyl (C=O) groups is 2. The van der Waals surface area contributed by atoms with Crippen molar-refractivity contribution >= 4 is 17.4 Å². The minimum atomic E-state index is -0.725. The van der Waals surface area contributed by atoms with Crippen molar-refractivity contribution in [1.82, 2.24) is 5.32 Å².